The van der Waals surface area contributed by atoms with E-state index in [2.05, 4.69) is 0 Å². The van der Waals surface area contributed by atoms with Gasteiger partial charge in [0.05, 0.1) is 19.1 Å². The third-order valence-electron chi connectivity index (χ3n) is 3.61. The number of anilines is 2. The fourth-order valence-corrected chi connectivity index (χ4v) is 3.27. The number of likely N-dealkylation sites (N-methyl/N-ethyl adjacent to an activating group) is 1. The van der Waals surface area contributed by atoms with Gasteiger partial charge in [-0.2, -0.15) is 0 Å². The molecular weight excluding hydrogens is 364 g/mol. The van der Waals surface area contributed by atoms with E-state index in [-0.39, 0.29) is 12.2 Å². The summed E-state index contributed by atoms with van der Waals surface area (Å²) in [4.78, 5) is 14.0. The summed E-state index contributed by atoms with van der Waals surface area (Å²) in [6.07, 6.45) is 1.03. The first-order valence-electron chi connectivity index (χ1n) is 7.37. The van der Waals surface area contributed by atoms with Gasteiger partial charge in [0.25, 0.3) is 0 Å². The van der Waals surface area contributed by atoms with Crippen LogP contribution >= 0.6 is 11.6 Å². The molecule has 0 aliphatic heterocycles. The lowest BCUT2D eigenvalue weighted by atomic mass is 10.2. The molecule has 1 amide bonds. The second-order valence-electron chi connectivity index (χ2n) is 5.37. The highest BCUT2D eigenvalue weighted by Crippen LogP contribution is 2.32. The number of carbonyl (C=O) groups excluding carboxylic acids is 1. The predicted octanol–water partition coefficient (Wildman–Crippen LogP) is 2.78. The molecule has 0 aliphatic rings. The van der Waals surface area contributed by atoms with E-state index in [0.29, 0.717) is 16.5 Å². The lowest BCUT2D eigenvalue weighted by molar-refractivity contribution is -0.116. The first-order valence-corrected chi connectivity index (χ1v) is 9.59. The van der Waals surface area contributed by atoms with E-state index in [9.17, 15) is 13.2 Å². The largest absolute Gasteiger partial charge is 0.495 e. The number of hydrogen-bond acceptors (Lipinski definition) is 4. The highest BCUT2D eigenvalue weighted by molar-refractivity contribution is 7.92. The zero-order valence-electron chi connectivity index (χ0n) is 14.1. The molecule has 0 bridgehead atoms. The standard InChI is InChI=1S/C17H19ClN2O4S/c1-19(14-7-5-4-6-8-14)17(21)12-20(25(3,22)23)15-11-13(18)9-10-16(15)24-2/h4-11H,12H2,1-3H3. The van der Waals surface area contributed by atoms with Crippen molar-refractivity contribution in [1.29, 1.82) is 0 Å². The molecule has 0 heterocycles. The minimum absolute atomic E-state index is 0.215. The van der Waals surface area contributed by atoms with Crippen LogP contribution in [0, 0.1) is 0 Å². The lowest BCUT2D eigenvalue weighted by Crippen LogP contribution is -2.41. The zero-order chi connectivity index (χ0) is 18.6. The number of ether oxygens (including phenoxy) is 1. The van der Waals surface area contributed by atoms with E-state index >= 15 is 0 Å². The van der Waals surface area contributed by atoms with E-state index in [0.717, 1.165) is 10.6 Å². The molecule has 0 saturated heterocycles. The van der Waals surface area contributed by atoms with Crippen LogP contribution in [0.25, 0.3) is 0 Å². The zero-order valence-corrected chi connectivity index (χ0v) is 15.7. The Bertz CT molecular complexity index is 856. The molecule has 2 aromatic carbocycles. The van der Waals surface area contributed by atoms with Crippen molar-refractivity contribution >= 4 is 38.9 Å². The molecule has 6 nitrogen and oxygen atoms in total. The molecular formula is C17H19ClN2O4S. The summed E-state index contributed by atoms with van der Waals surface area (Å²) in [7, 11) is -0.719. The number of rotatable bonds is 6. The maximum Gasteiger partial charge on any atom is 0.247 e. The number of hydrogen-bond donors (Lipinski definition) is 0. The number of methoxy groups -OCH3 is 1. The summed E-state index contributed by atoms with van der Waals surface area (Å²) in [6, 6.07) is 13.6. The minimum Gasteiger partial charge on any atom is -0.495 e. The number of halogens is 1. The molecule has 0 fully saturated rings. The van der Waals surface area contributed by atoms with Crippen molar-refractivity contribution in [2.75, 3.05) is 36.2 Å². The van der Waals surface area contributed by atoms with E-state index in [1.807, 2.05) is 6.07 Å². The van der Waals surface area contributed by atoms with Crippen molar-refractivity contribution in [3.05, 3.63) is 53.6 Å². The van der Waals surface area contributed by atoms with Gasteiger partial charge in [0, 0.05) is 17.8 Å². The molecule has 0 N–H and O–H groups in total. The van der Waals surface area contributed by atoms with Crippen molar-refractivity contribution in [1.82, 2.24) is 0 Å². The predicted molar refractivity (Wildman–Crippen MR) is 100 cm³/mol. The van der Waals surface area contributed by atoms with Crippen molar-refractivity contribution < 1.29 is 17.9 Å². The second kappa shape index (κ2) is 7.76. The van der Waals surface area contributed by atoms with Crippen LogP contribution in [0.2, 0.25) is 5.02 Å². The van der Waals surface area contributed by atoms with Crippen LogP contribution in [-0.4, -0.2) is 41.3 Å². The maximum absolute atomic E-state index is 12.6. The Labute approximate surface area is 152 Å². The number of benzene rings is 2. The molecule has 0 aliphatic carbocycles. The molecule has 2 rings (SSSR count). The Morgan fingerprint density at radius 3 is 2.36 bits per heavy atom. The Kier molecular flexibility index (Phi) is 5.92. The van der Waals surface area contributed by atoms with Gasteiger partial charge in [-0.05, 0) is 30.3 Å². The molecule has 0 saturated carbocycles. The van der Waals surface area contributed by atoms with Crippen molar-refractivity contribution in [2.24, 2.45) is 0 Å². The van der Waals surface area contributed by atoms with Gasteiger partial charge in [0.1, 0.15) is 12.3 Å². The van der Waals surface area contributed by atoms with Crippen LogP contribution in [-0.2, 0) is 14.8 Å². The Hall–Kier alpha value is -2.25. The first kappa shape index (κ1) is 19.1. The highest BCUT2D eigenvalue weighted by Gasteiger charge is 2.26. The molecule has 8 heteroatoms. The Balaban J connectivity index is 2.37. The summed E-state index contributed by atoms with van der Waals surface area (Å²) in [5, 5.41) is 0.341. The average molecular weight is 383 g/mol. The smallest absolute Gasteiger partial charge is 0.247 e. The fourth-order valence-electron chi connectivity index (χ4n) is 2.26. The number of para-hydroxylation sites is 1. The van der Waals surface area contributed by atoms with E-state index in [1.165, 1.54) is 18.1 Å². The summed E-state index contributed by atoms with van der Waals surface area (Å²) in [5.41, 5.74) is 0.881. The van der Waals surface area contributed by atoms with Crippen LogP contribution in [0.3, 0.4) is 0 Å². The highest BCUT2D eigenvalue weighted by atomic mass is 35.5. The van der Waals surface area contributed by atoms with E-state index < -0.39 is 15.9 Å². The molecule has 0 unspecified atom stereocenters. The molecule has 0 aromatic heterocycles. The fraction of sp³-hybridized carbons (Fsp3) is 0.235. The summed E-state index contributed by atoms with van der Waals surface area (Å²) in [6.45, 7) is -0.374. The minimum atomic E-state index is -3.73. The summed E-state index contributed by atoms with van der Waals surface area (Å²) in [5.74, 6) is -0.0800. The number of carbonyl (C=O) groups is 1. The van der Waals surface area contributed by atoms with Crippen molar-refractivity contribution in [3.63, 3.8) is 0 Å². The average Bonchev–Trinajstić information content (AvgIpc) is 2.58. The van der Waals surface area contributed by atoms with Crippen LogP contribution in [0.15, 0.2) is 48.5 Å². The van der Waals surface area contributed by atoms with Gasteiger partial charge >= 0.3 is 0 Å². The quantitative estimate of drug-likeness (QED) is 0.770. The van der Waals surface area contributed by atoms with Gasteiger partial charge in [-0.15, -0.1) is 0 Å². The molecule has 25 heavy (non-hydrogen) atoms. The molecule has 0 spiro atoms. The lowest BCUT2D eigenvalue weighted by Gasteiger charge is -2.26. The molecule has 134 valence electrons. The normalized spacial score (nSPS) is 11.0. The van der Waals surface area contributed by atoms with Gasteiger partial charge < -0.3 is 9.64 Å². The molecule has 0 atom stereocenters. The Morgan fingerprint density at radius 1 is 1.16 bits per heavy atom. The van der Waals surface area contributed by atoms with Crippen LogP contribution in [0.1, 0.15) is 0 Å². The van der Waals surface area contributed by atoms with E-state index in [1.54, 1.807) is 43.4 Å². The third kappa shape index (κ3) is 4.64. The van der Waals surface area contributed by atoms with E-state index in [4.69, 9.17) is 16.3 Å². The third-order valence-corrected chi connectivity index (χ3v) is 4.97. The molecule has 0 radical (unpaired) electrons. The van der Waals surface area contributed by atoms with Gasteiger partial charge in [-0.1, -0.05) is 29.8 Å². The summed E-state index contributed by atoms with van der Waals surface area (Å²) < 4.78 is 30.7. The van der Waals surface area contributed by atoms with Gasteiger partial charge in [0.15, 0.2) is 0 Å². The number of amides is 1. The van der Waals surface area contributed by atoms with Crippen LogP contribution in [0.5, 0.6) is 5.75 Å². The SMILES string of the molecule is COc1ccc(Cl)cc1N(CC(=O)N(C)c1ccccc1)S(C)(=O)=O. The van der Waals surface area contributed by atoms with Crippen molar-refractivity contribution in [3.8, 4) is 5.75 Å². The number of sulfonamides is 1. The van der Waals surface area contributed by atoms with Crippen LogP contribution in [0.4, 0.5) is 11.4 Å². The van der Waals surface area contributed by atoms with Gasteiger partial charge in [-0.3, -0.25) is 9.10 Å². The van der Waals surface area contributed by atoms with Gasteiger partial charge in [-0.25, -0.2) is 8.42 Å². The first-order chi connectivity index (χ1) is 11.7. The van der Waals surface area contributed by atoms with Crippen LogP contribution < -0.4 is 13.9 Å². The summed E-state index contributed by atoms with van der Waals surface area (Å²) >= 11 is 5.99. The number of nitrogens with zero attached hydrogens (tertiary/aromatic N) is 2. The topological polar surface area (TPSA) is 66.9 Å². The van der Waals surface area contributed by atoms with Gasteiger partial charge in [0.2, 0.25) is 15.9 Å². The second-order valence-corrected chi connectivity index (χ2v) is 7.72. The Morgan fingerprint density at radius 2 is 1.80 bits per heavy atom. The maximum atomic E-state index is 12.6. The van der Waals surface area contributed by atoms with Crippen molar-refractivity contribution in [2.45, 2.75) is 0 Å². The monoisotopic (exact) mass is 382 g/mol. The molecule has 2 aromatic rings.